The molecule has 6 rings (SSSR count). The fraction of sp³-hybridized carbons (Fsp3) is 0.118. The summed E-state index contributed by atoms with van der Waals surface area (Å²) in [7, 11) is 3.05. The maximum Gasteiger partial charge on any atom is 0.337 e. The number of benzene rings is 3. The Bertz CT molecular complexity index is 2220. The smallest absolute Gasteiger partial charge is 0.337 e. The largest absolute Gasteiger partial charge is 0.497 e. The molecule has 0 radical (unpaired) electrons. The lowest BCUT2D eigenvalue weighted by Crippen LogP contribution is -2.40. The van der Waals surface area contributed by atoms with E-state index in [1.54, 1.807) is 68.6 Å². The van der Waals surface area contributed by atoms with Crippen molar-refractivity contribution in [1.82, 2.24) is 4.57 Å². The maximum absolute atomic E-state index is 14.1. The zero-order valence-electron chi connectivity index (χ0n) is 24.7. The molecule has 0 spiro atoms. The van der Waals surface area contributed by atoms with Crippen LogP contribution in [0.5, 0.6) is 11.5 Å². The molecule has 0 saturated heterocycles. The number of halogens is 1. The van der Waals surface area contributed by atoms with Crippen molar-refractivity contribution in [2.75, 3.05) is 19.5 Å². The lowest BCUT2D eigenvalue weighted by Gasteiger charge is -2.26. The number of carbonyl (C=O) groups is 2. The molecule has 0 bridgehead atoms. The van der Waals surface area contributed by atoms with Gasteiger partial charge in [0.15, 0.2) is 4.80 Å². The second-order valence-corrected chi connectivity index (χ2v) is 11.6. The van der Waals surface area contributed by atoms with Crippen molar-refractivity contribution in [3.05, 3.63) is 132 Å². The summed E-state index contributed by atoms with van der Waals surface area (Å²) >= 11 is 7.18. The van der Waals surface area contributed by atoms with Crippen LogP contribution in [0.25, 0.3) is 17.4 Å². The Balaban J connectivity index is 1.47. The minimum Gasteiger partial charge on any atom is -0.497 e. The van der Waals surface area contributed by atoms with Gasteiger partial charge in [-0.1, -0.05) is 41.1 Å². The van der Waals surface area contributed by atoms with E-state index in [1.165, 1.54) is 23.8 Å². The Hall–Kier alpha value is -5.39. The summed E-state index contributed by atoms with van der Waals surface area (Å²) in [5.41, 5.74) is 1.96. The number of hydrogen-bond acceptors (Lipinski definition) is 8. The number of para-hydroxylation sites is 1. The number of aromatic carboxylic acids is 1. The number of ether oxygens (including phenoxy) is 2. The summed E-state index contributed by atoms with van der Waals surface area (Å²) in [4.78, 5) is 44.6. The molecular formula is C34H26ClN3O7S. The number of rotatable bonds is 8. The highest BCUT2D eigenvalue weighted by atomic mass is 35.5. The summed E-state index contributed by atoms with van der Waals surface area (Å²) < 4.78 is 18.9. The number of thiazole rings is 1. The predicted octanol–water partition coefficient (Wildman–Crippen LogP) is 5.50. The van der Waals surface area contributed by atoms with E-state index in [0.29, 0.717) is 54.9 Å². The number of carbonyl (C=O) groups excluding carboxylic acids is 1. The monoisotopic (exact) mass is 655 g/mol. The van der Waals surface area contributed by atoms with Crippen LogP contribution in [0.1, 0.15) is 34.6 Å². The molecule has 2 aromatic heterocycles. The number of carboxylic acids is 1. The van der Waals surface area contributed by atoms with E-state index in [1.807, 2.05) is 18.2 Å². The highest BCUT2D eigenvalue weighted by Crippen LogP contribution is 2.37. The van der Waals surface area contributed by atoms with Gasteiger partial charge in [0.2, 0.25) is 0 Å². The van der Waals surface area contributed by atoms with Crippen molar-refractivity contribution in [3.63, 3.8) is 0 Å². The first-order valence-electron chi connectivity index (χ1n) is 13.9. The second-order valence-electron chi connectivity index (χ2n) is 10.2. The van der Waals surface area contributed by atoms with Gasteiger partial charge in [-0.2, -0.15) is 0 Å². The van der Waals surface area contributed by atoms with Crippen molar-refractivity contribution in [3.8, 4) is 22.8 Å². The maximum atomic E-state index is 14.1. The van der Waals surface area contributed by atoms with Crippen LogP contribution in [0.15, 0.2) is 104 Å². The van der Waals surface area contributed by atoms with E-state index in [2.05, 4.69) is 10.3 Å². The number of amides is 1. The lowest BCUT2D eigenvalue weighted by atomic mass is 9.94. The van der Waals surface area contributed by atoms with Gasteiger partial charge < -0.3 is 24.3 Å². The number of furan rings is 1. The van der Waals surface area contributed by atoms with Crippen molar-refractivity contribution in [2.24, 2.45) is 4.99 Å². The molecule has 0 saturated carbocycles. The zero-order valence-corrected chi connectivity index (χ0v) is 26.3. The van der Waals surface area contributed by atoms with E-state index < -0.39 is 17.9 Å². The van der Waals surface area contributed by atoms with Crippen molar-refractivity contribution >= 4 is 46.6 Å². The summed E-state index contributed by atoms with van der Waals surface area (Å²) in [6, 6.07) is 21.3. The fourth-order valence-electron chi connectivity index (χ4n) is 5.23. The van der Waals surface area contributed by atoms with Crippen LogP contribution in [0.3, 0.4) is 0 Å². The highest BCUT2D eigenvalue weighted by Gasteiger charge is 2.34. The number of carboxylic acid groups (broad SMARTS) is 1. The van der Waals surface area contributed by atoms with E-state index >= 15 is 0 Å². The Morgan fingerprint density at radius 2 is 1.83 bits per heavy atom. The third-order valence-corrected chi connectivity index (χ3v) is 8.73. The van der Waals surface area contributed by atoms with Crippen LogP contribution in [0.2, 0.25) is 5.02 Å². The van der Waals surface area contributed by atoms with Gasteiger partial charge in [-0.15, -0.1) is 0 Å². The molecule has 10 nitrogen and oxygen atoms in total. The van der Waals surface area contributed by atoms with Crippen LogP contribution >= 0.6 is 22.9 Å². The molecule has 0 unspecified atom stereocenters. The number of aromatic nitrogens is 1. The molecule has 3 aromatic carbocycles. The topological polar surface area (TPSA) is 132 Å². The van der Waals surface area contributed by atoms with E-state index in [-0.39, 0.29) is 21.7 Å². The summed E-state index contributed by atoms with van der Waals surface area (Å²) in [5, 5.41) is 12.5. The molecule has 5 aromatic rings. The molecule has 46 heavy (non-hydrogen) atoms. The number of fused-ring (bicyclic) bond motifs is 1. The van der Waals surface area contributed by atoms with E-state index in [9.17, 15) is 19.5 Å². The molecule has 1 aliphatic rings. The molecule has 1 aliphatic heterocycles. The average molecular weight is 656 g/mol. The van der Waals surface area contributed by atoms with Crippen molar-refractivity contribution in [2.45, 2.75) is 13.0 Å². The molecule has 1 amide bonds. The van der Waals surface area contributed by atoms with Crippen molar-refractivity contribution < 1.29 is 28.6 Å². The minimum atomic E-state index is -1.16. The number of allylic oxidation sites excluding steroid dienone is 1. The van der Waals surface area contributed by atoms with Gasteiger partial charge in [-0.05, 0) is 61.5 Å². The van der Waals surface area contributed by atoms with Gasteiger partial charge in [0.05, 0.1) is 40.6 Å². The van der Waals surface area contributed by atoms with Gasteiger partial charge in [0.1, 0.15) is 29.1 Å². The first-order valence-corrected chi connectivity index (χ1v) is 15.1. The SMILES string of the molecule is COc1ccc([C@@H]2C(C(=O)Nc3ccccc3)=C(C)N=c3s/c(=C\c4ccc(-c5ccc(Cl)c(C(=O)O)c5)o4)c(=O)n32)c(OC)c1. The second kappa shape index (κ2) is 12.5. The third kappa shape index (κ3) is 5.73. The number of anilines is 1. The summed E-state index contributed by atoms with van der Waals surface area (Å²) in [6.07, 6.45) is 1.59. The molecule has 0 fully saturated rings. The standard InChI is InChI=1S/C34H26ClN3O7S/c1-18-29(31(39)37-20-7-5-4-6-8-20)30(23-12-10-21(43-2)16-27(23)44-3)38-32(40)28(46-34(38)36-18)17-22-11-14-26(45-22)19-9-13-25(35)24(15-19)33(41)42/h4-17,30H,1-3H3,(H,37,39)(H,41,42)/b28-17-/t30-/m1/s1. The molecule has 232 valence electrons. The van der Waals surface area contributed by atoms with Crippen molar-refractivity contribution in [1.29, 1.82) is 0 Å². The van der Waals surface area contributed by atoms with E-state index in [0.717, 1.165) is 11.3 Å². The molecule has 2 N–H and O–H groups in total. The molecule has 3 heterocycles. The van der Waals surface area contributed by atoms with Crippen LogP contribution in [-0.2, 0) is 4.79 Å². The van der Waals surface area contributed by atoms with Gasteiger partial charge >= 0.3 is 5.97 Å². The number of hydrogen-bond donors (Lipinski definition) is 2. The first kappa shape index (κ1) is 30.6. The molecular weight excluding hydrogens is 630 g/mol. The summed E-state index contributed by atoms with van der Waals surface area (Å²) in [6.45, 7) is 1.73. The normalized spacial score (nSPS) is 14.4. The van der Waals surface area contributed by atoms with Crippen LogP contribution < -0.4 is 29.7 Å². The molecule has 1 atom stereocenters. The van der Waals surface area contributed by atoms with E-state index in [4.69, 9.17) is 25.5 Å². The fourth-order valence-corrected chi connectivity index (χ4v) is 6.45. The number of nitrogens with one attached hydrogen (secondary N) is 1. The molecule has 0 aliphatic carbocycles. The Labute approximate surface area is 271 Å². The molecule has 12 heteroatoms. The lowest BCUT2D eigenvalue weighted by molar-refractivity contribution is -0.113. The van der Waals surface area contributed by atoms with Crippen LogP contribution in [0.4, 0.5) is 5.69 Å². The Morgan fingerprint density at radius 1 is 1.04 bits per heavy atom. The third-order valence-electron chi connectivity index (χ3n) is 7.41. The Morgan fingerprint density at radius 3 is 2.54 bits per heavy atom. The Kier molecular flexibility index (Phi) is 8.35. The van der Waals surface area contributed by atoms with Crippen LogP contribution in [0, 0.1) is 0 Å². The average Bonchev–Trinajstić information content (AvgIpc) is 3.64. The van der Waals surface area contributed by atoms with Gasteiger partial charge in [0, 0.05) is 29.0 Å². The van der Waals surface area contributed by atoms with Crippen LogP contribution in [-0.4, -0.2) is 35.8 Å². The zero-order chi connectivity index (χ0) is 32.5. The minimum absolute atomic E-state index is 0.0538. The number of methoxy groups -OCH3 is 2. The van der Waals surface area contributed by atoms with Gasteiger partial charge in [-0.3, -0.25) is 14.2 Å². The number of nitrogens with zero attached hydrogens (tertiary/aromatic N) is 2. The first-order chi connectivity index (χ1) is 22.2. The highest BCUT2D eigenvalue weighted by molar-refractivity contribution is 7.07. The quantitative estimate of drug-likeness (QED) is 0.226. The van der Waals surface area contributed by atoms with Gasteiger partial charge in [-0.25, -0.2) is 9.79 Å². The summed E-state index contributed by atoms with van der Waals surface area (Å²) in [5.74, 6) is 0.170. The van der Waals surface area contributed by atoms with Gasteiger partial charge in [0.25, 0.3) is 11.5 Å². The predicted molar refractivity (Wildman–Crippen MR) is 174 cm³/mol.